The fourth-order valence-electron chi connectivity index (χ4n) is 2.79. The van der Waals surface area contributed by atoms with Gasteiger partial charge in [-0.15, -0.1) is 0 Å². The summed E-state index contributed by atoms with van der Waals surface area (Å²) in [5.41, 5.74) is 0. The number of thiazole rings is 1. The Labute approximate surface area is 154 Å². The lowest BCUT2D eigenvalue weighted by molar-refractivity contribution is -0.114. The lowest BCUT2D eigenvalue weighted by Gasteiger charge is -2.19. The molecule has 6 nitrogen and oxygen atoms in total. The summed E-state index contributed by atoms with van der Waals surface area (Å²) < 4.78 is 19.9. The Hall–Kier alpha value is -1.77. The minimum Gasteiger partial charge on any atom is -0.473 e. The Balaban J connectivity index is 1.62. The first-order valence-corrected chi connectivity index (χ1v) is 9.05. The molecule has 2 atom stereocenters. The van der Waals surface area contributed by atoms with E-state index in [2.05, 4.69) is 27.1 Å². The van der Waals surface area contributed by atoms with Crippen molar-refractivity contribution < 1.29 is 13.9 Å². The third-order valence-electron chi connectivity index (χ3n) is 3.93. The van der Waals surface area contributed by atoms with Crippen LogP contribution in [0.4, 0.5) is 9.52 Å². The van der Waals surface area contributed by atoms with Gasteiger partial charge in [0.2, 0.25) is 17.7 Å². The van der Waals surface area contributed by atoms with Crippen LogP contribution in [-0.4, -0.2) is 39.5 Å². The van der Waals surface area contributed by atoms with Gasteiger partial charge in [-0.3, -0.25) is 9.69 Å². The highest BCUT2D eigenvalue weighted by Crippen LogP contribution is 2.28. The van der Waals surface area contributed by atoms with Crippen LogP contribution in [0.25, 0.3) is 0 Å². The Bertz CT molecular complexity index is 772. The van der Waals surface area contributed by atoms with E-state index in [0.717, 1.165) is 17.8 Å². The number of amides is 1. The minimum atomic E-state index is -0.540. The second-order valence-electron chi connectivity index (χ2n) is 5.98. The van der Waals surface area contributed by atoms with Crippen molar-refractivity contribution in [3.63, 3.8) is 0 Å². The fourth-order valence-corrected chi connectivity index (χ4v) is 3.85. The molecular formula is C16H18ClFN4O2S. The number of ether oxygens (including phenoxy) is 1. The Morgan fingerprint density at radius 3 is 3.12 bits per heavy atom. The molecule has 134 valence electrons. The highest BCUT2D eigenvalue weighted by molar-refractivity contribution is 7.15. The van der Waals surface area contributed by atoms with E-state index >= 15 is 0 Å². The van der Waals surface area contributed by atoms with Gasteiger partial charge in [-0.05, 0) is 13.0 Å². The van der Waals surface area contributed by atoms with Crippen LogP contribution in [-0.2, 0) is 11.3 Å². The molecule has 0 unspecified atom stereocenters. The summed E-state index contributed by atoms with van der Waals surface area (Å²) >= 11 is 7.10. The number of carbonyl (C=O) groups is 1. The van der Waals surface area contributed by atoms with Gasteiger partial charge < -0.3 is 10.1 Å². The number of nitrogens with one attached hydrogen (secondary N) is 1. The molecule has 2 aromatic heterocycles. The Kier molecular flexibility index (Phi) is 5.51. The van der Waals surface area contributed by atoms with E-state index in [9.17, 15) is 9.18 Å². The number of nitrogens with zero attached hydrogens (tertiary/aromatic N) is 3. The summed E-state index contributed by atoms with van der Waals surface area (Å²) in [6.45, 7) is 4.52. The molecule has 3 heterocycles. The molecule has 0 saturated carbocycles. The molecule has 2 aromatic rings. The monoisotopic (exact) mass is 384 g/mol. The Morgan fingerprint density at radius 1 is 1.60 bits per heavy atom. The first kappa shape index (κ1) is 18.0. The number of anilines is 1. The van der Waals surface area contributed by atoms with Crippen LogP contribution in [0.2, 0.25) is 5.02 Å². The van der Waals surface area contributed by atoms with Crippen LogP contribution >= 0.6 is 22.9 Å². The van der Waals surface area contributed by atoms with E-state index in [1.807, 2.05) is 0 Å². The van der Waals surface area contributed by atoms with E-state index in [4.69, 9.17) is 16.3 Å². The molecule has 1 aliphatic rings. The maximum absolute atomic E-state index is 14.0. The van der Waals surface area contributed by atoms with Crippen LogP contribution in [0.5, 0.6) is 5.88 Å². The van der Waals surface area contributed by atoms with Gasteiger partial charge in [0, 0.05) is 49.8 Å². The molecule has 0 spiro atoms. The molecule has 0 aliphatic carbocycles. The smallest absolute Gasteiger partial charge is 0.230 e. The van der Waals surface area contributed by atoms with Crippen molar-refractivity contribution in [2.45, 2.75) is 39.0 Å². The predicted octanol–water partition coefficient (Wildman–Crippen LogP) is 3.33. The lowest BCUT2D eigenvalue weighted by Crippen LogP contribution is -2.28. The molecule has 0 bridgehead atoms. The van der Waals surface area contributed by atoms with E-state index in [0.29, 0.717) is 28.9 Å². The van der Waals surface area contributed by atoms with Gasteiger partial charge in [-0.25, -0.2) is 4.98 Å². The van der Waals surface area contributed by atoms with Crippen molar-refractivity contribution in [2.75, 3.05) is 11.9 Å². The minimum absolute atomic E-state index is 0.0354. The SMILES string of the molecule is CC(=O)Nc1nc(F)c(CN2C[C@H](Oc3cc(Cl)ccn3)C[C@@H]2C)s1. The average molecular weight is 385 g/mol. The van der Waals surface area contributed by atoms with Crippen molar-refractivity contribution >= 4 is 34.0 Å². The molecule has 0 radical (unpaired) electrons. The Morgan fingerprint density at radius 2 is 2.40 bits per heavy atom. The van der Waals surface area contributed by atoms with Crippen LogP contribution in [0.15, 0.2) is 18.3 Å². The maximum Gasteiger partial charge on any atom is 0.230 e. The van der Waals surface area contributed by atoms with E-state index in [1.165, 1.54) is 6.92 Å². The largest absolute Gasteiger partial charge is 0.473 e. The summed E-state index contributed by atoms with van der Waals surface area (Å²) in [5.74, 6) is -0.317. The van der Waals surface area contributed by atoms with Crippen LogP contribution in [0.3, 0.4) is 0 Å². The van der Waals surface area contributed by atoms with Gasteiger partial charge in [0.15, 0.2) is 5.13 Å². The van der Waals surface area contributed by atoms with E-state index in [-0.39, 0.29) is 23.2 Å². The van der Waals surface area contributed by atoms with Crippen molar-refractivity contribution in [1.29, 1.82) is 0 Å². The fraction of sp³-hybridized carbons (Fsp3) is 0.438. The van der Waals surface area contributed by atoms with Crippen LogP contribution in [0.1, 0.15) is 25.1 Å². The summed E-state index contributed by atoms with van der Waals surface area (Å²) in [6, 6.07) is 3.60. The van der Waals surface area contributed by atoms with Crippen LogP contribution < -0.4 is 10.1 Å². The number of pyridine rings is 1. The zero-order chi connectivity index (χ0) is 18.0. The standard InChI is InChI=1S/C16H18ClFN4O2S/c1-9-5-12(24-14-6-11(17)3-4-19-14)7-22(9)8-13-15(18)21-16(25-13)20-10(2)23/h3-4,6,9,12H,5,7-8H2,1-2H3,(H,20,21,23)/t9-,12+/m0/s1. The molecule has 9 heteroatoms. The number of hydrogen-bond acceptors (Lipinski definition) is 6. The summed E-state index contributed by atoms with van der Waals surface area (Å²) in [4.78, 5) is 21.6. The number of likely N-dealkylation sites (tertiary alicyclic amines) is 1. The van der Waals surface area contributed by atoms with Gasteiger partial charge in [0.25, 0.3) is 0 Å². The third kappa shape index (κ3) is 4.65. The molecule has 25 heavy (non-hydrogen) atoms. The topological polar surface area (TPSA) is 67.4 Å². The maximum atomic E-state index is 14.0. The third-order valence-corrected chi connectivity index (χ3v) is 5.09. The second-order valence-corrected chi connectivity index (χ2v) is 7.50. The molecule has 1 aliphatic heterocycles. The van der Waals surface area contributed by atoms with Gasteiger partial charge in [0.05, 0.1) is 4.88 Å². The number of carbonyl (C=O) groups excluding carboxylic acids is 1. The first-order valence-electron chi connectivity index (χ1n) is 7.85. The number of rotatable bonds is 5. The average Bonchev–Trinajstić information content (AvgIpc) is 3.02. The number of halogens is 2. The molecule has 0 aromatic carbocycles. The quantitative estimate of drug-likeness (QED) is 0.856. The van der Waals surface area contributed by atoms with Gasteiger partial charge in [-0.2, -0.15) is 9.37 Å². The lowest BCUT2D eigenvalue weighted by atomic mass is 10.2. The zero-order valence-electron chi connectivity index (χ0n) is 13.8. The van der Waals surface area contributed by atoms with Crippen molar-refractivity contribution in [3.05, 3.63) is 34.2 Å². The number of aromatic nitrogens is 2. The molecule has 1 amide bonds. The van der Waals surface area contributed by atoms with Crippen molar-refractivity contribution in [3.8, 4) is 5.88 Å². The molecule has 3 rings (SSSR count). The highest BCUT2D eigenvalue weighted by Gasteiger charge is 2.32. The highest BCUT2D eigenvalue weighted by atomic mass is 35.5. The number of hydrogen-bond donors (Lipinski definition) is 1. The normalized spacial score (nSPS) is 20.6. The van der Waals surface area contributed by atoms with Gasteiger partial charge in [0.1, 0.15) is 6.10 Å². The molecule has 1 fully saturated rings. The summed E-state index contributed by atoms with van der Waals surface area (Å²) in [7, 11) is 0. The predicted molar refractivity (Wildman–Crippen MR) is 94.5 cm³/mol. The molecule has 1 saturated heterocycles. The van der Waals surface area contributed by atoms with Crippen LogP contribution in [0, 0.1) is 5.95 Å². The summed E-state index contributed by atoms with van der Waals surface area (Å²) in [5, 5.41) is 3.37. The molecule has 1 N–H and O–H groups in total. The van der Waals surface area contributed by atoms with Crippen molar-refractivity contribution in [1.82, 2.24) is 14.9 Å². The summed E-state index contributed by atoms with van der Waals surface area (Å²) in [6.07, 6.45) is 2.38. The first-order chi connectivity index (χ1) is 11.9. The zero-order valence-corrected chi connectivity index (χ0v) is 15.4. The van der Waals surface area contributed by atoms with E-state index in [1.54, 1.807) is 18.3 Å². The molecular weight excluding hydrogens is 367 g/mol. The van der Waals surface area contributed by atoms with Crippen molar-refractivity contribution in [2.24, 2.45) is 0 Å². The van der Waals surface area contributed by atoms with Gasteiger partial charge in [-0.1, -0.05) is 22.9 Å². The second kappa shape index (κ2) is 7.63. The van der Waals surface area contributed by atoms with E-state index < -0.39 is 5.95 Å². The van der Waals surface area contributed by atoms with Gasteiger partial charge >= 0.3 is 0 Å².